The number of hydrogen-bond acceptors (Lipinski definition) is 3. The zero-order chi connectivity index (χ0) is 16.1. The van der Waals surface area contributed by atoms with Gasteiger partial charge in [0.15, 0.2) is 5.96 Å². The molecule has 1 aliphatic carbocycles. The molecule has 4 nitrogen and oxygen atoms in total. The van der Waals surface area contributed by atoms with Gasteiger partial charge in [-0.2, -0.15) is 11.3 Å². The highest BCUT2D eigenvalue weighted by Crippen LogP contribution is 2.30. The van der Waals surface area contributed by atoms with Crippen molar-refractivity contribution in [3.63, 3.8) is 0 Å². The summed E-state index contributed by atoms with van der Waals surface area (Å²) in [5, 5.41) is 21.1. The first-order valence-electron chi connectivity index (χ1n) is 8.06. The number of guanidine groups is 1. The number of thiophene rings is 1. The van der Waals surface area contributed by atoms with E-state index in [0.717, 1.165) is 30.9 Å². The molecule has 1 heterocycles. The Morgan fingerprint density at radius 3 is 2.71 bits per heavy atom. The SMILES string of the molecule is CN=C(NCc1ccsc1)NCc1c(O)ccc2c1CCCC2.I. The van der Waals surface area contributed by atoms with E-state index in [1.165, 1.54) is 29.5 Å². The first kappa shape index (κ1) is 19.1. The van der Waals surface area contributed by atoms with Crippen LogP contribution in [0.2, 0.25) is 0 Å². The number of aryl methyl sites for hydroxylation is 1. The maximum Gasteiger partial charge on any atom is 0.191 e. The van der Waals surface area contributed by atoms with Crippen LogP contribution in [0.4, 0.5) is 0 Å². The Hall–Kier alpha value is -1.28. The van der Waals surface area contributed by atoms with Crippen LogP contribution in [0.15, 0.2) is 34.0 Å². The third kappa shape index (κ3) is 4.63. The molecule has 2 aromatic rings. The van der Waals surface area contributed by atoms with Gasteiger partial charge in [0.2, 0.25) is 0 Å². The van der Waals surface area contributed by atoms with Crippen LogP contribution in [-0.4, -0.2) is 18.1 Å². The van der Waals surface area contributed by atoms with E-state index >= 15 is 0 Å². The molecule has 0 atom stereocenters. The second kappa shape index (κ2) is 9.27. The van der Waals surface area contributed by atoms with Crippen molar-refractivity contribution in [1.29, 1.82) is 0 Å². The van der Waals surface area contributed by atoms with Gasteiger partial charge in [-0.05, 0) is 65.3 Å². The van der Waals surface area contributed by atoms with E-state index < -0.39 is 0 Å². The number of nitrogens with zero attached hydrogens (tertiary/aromatic N) is 1. The third-order valence-corrected chi connectivity index (χ3v) is 5.05. The fraction of sp³-hybridized carbons (Fsp3) is 0.389. The second-order valence-electron chi connectivity index (χ2n) is 5.82. The Kier molecular flexibility index (Phi) is 7.36. The largest absolute Gasteiger partial charge is 0.508 e. The molecular formula is C18H24IN3OS. The van der Waals surface area contributed by atoms with Crippen LogP contribution in [0.25, 0.3) is 0 Å². The average molecular weight is 457 g/mol. The van der Waals surface area contributed by atoms with Gasteiger partial charge in [0.05, 0.1) is 0 Å². The minimum Gasteiger partial charge on any atom is -0.508 e. The molecule has 24 heavy (non-hydrogen) atoms. The number of aromatic hydroxyl groups is 1. The molecule has 0 radical (unpaired) electrons. The van der Waals surface area contributed by atoms with E-state index in [4.69, 9.17) is 0 Å². The molecule has 0 saturated carbocycles. The van der Waals surface area contributed by atoms with Crippen molar-refractivity contribution in [1.82, 2.24) is 10.6 Å². The van der Waals surface area contributed by atoms with Gasteiger partial charge in [-0.15, -0.1) is 24.0 Å². The molecule has 3 N–H and O–H groups in total. The third-order valence-electron chi connectivity index (χ3n) is 4.32. The van der Waals surface area contributed by atoms with E-state index in [1.807, 2.05) is 6.07 Å². The van der Waals surface area contributed by atoms with Crippen molar-refractivity contribution >= 4 is 41.3 Å². The maximum absolute atomic E-state index is 10.2. The first-order chi connectivity index (χ1) is 11.3. The lowest BCUT2D eigenvalue weighted by Gasteiger charge is -2.21. The lowest BCUT2D eigenvalue weighted by molar-refractivity contribution is 0.464. The highest BCUT2D eigenvalue weighted by molar-refractivity contribution is 14.0. The Labute approximate surface area is 164 Å². The molecule has 0 spiro atoms. The monoisotopic (exact) mass is 457 g/mol. The summed E-state index contributed by atoms with van der Waals surface area (Å²) in [4.78, 5) is 4.26. The van der Waals surface area contributed by atoms with Crippen LogP contribution >= 0.6 is 35.3 Å². The molecule has 6 heteroatoms. The molecule has 0 fully saturated rings. The Bertz CT molecular complexity index is 686. The second-order valence-corrected chi connectivity index (χ2v) is 6.60. The summed E-state index contributed by atoms with van der Waals surface area (Å²) in [5.41, 5.74) is 4.96. The summed E-state index contributed by atoms with van der Waals surface area (Å²) in [6, 6.07) is 5.99. The summed E-state index contributed by atoms with van der Waals surface area (Å²) in [7, 11) is 1.77. The van der Waals surface area contributed by atoms with Gasteiger partial charge in [-0.25, -0.2) is 0 Å². The van der Waals surface area contributed by atoms with Crippen LogP contribution in [0.3, 0.4) is 0 Å². The van der Waals surface area contributed by atoms with Crippen molar-refractivity contribution in [2.75, 3.05) is 7.05 Å². The molecule has 130 valence electrons. The quantitative estimate of drug-likeness (QED) is 0.372. The Balaban J connectivity index is 0.00000208. The number of benzene rings is 1. The number of hydrogen-bond donors (Lipinski definition) is 3. The van der Waals surface area contributed by atoms with Gasteiger partial charge in [0.1, 0.15) is 5.75 Å². The van der Waals surface area contributed by atoms with Crippen LogP contribution in [0.1, 0.15) is 35.1 Å². The molecule has 3 rings (SSSR count). The first-order valence-corrected chi connectivity index (χ1v) is 9.00. The highest BCUT2D eigenvalue weighted by atomic mass is 127. The summed E-state index contributed by atoms with van der Waals surface area (Å²) in [6.45, 7) is 1.35. The minimum absolute atomic E-state index is 0. The summed E-state index contributed by atoms with van der Waals surface area (Å²) >= 11 is 1.69. The molecule has 0 aliphatic heterocycles. The van der Waals surface area contributed by atoms with E-state index in [2.05, 4.69) is 38.5 Å². The van der Waals surface area contributed by atoms with Crippen molar-refractivity contribution < 1.29 is 5.11 Å². The van der Waals surface area contributed by atoms with Crippen LogP contribution in [0, 0.1) is 0 Å². The molecule has 1 aromatic carbocycles. The molecule has 0 unspecified atom stereocenters. The molecule has 0 saturated heterocycles. The normalized spacial score (nSPS) is 13.8. The fourth-order valence-corrected chi connectivity index (χ4v) is 3.73. The number of phenolic OH excluding ortho intramolecular Hbond substituents is 1. The number of nitrogens with one attached hydrogen (secondary N) is 2. The summed E-state index contributed by atoms with van der Waals surface area (Å²) in [5.74, 6) is 1.13. The summed E-state index contributed by atoms with van der Waals surface area (Å²) < 4.78 is 0. The number of rotatable bonds is 4. The molecule has 1 aliphatic rings. The Morgan fingerprint density at radius 1 is 1.17 bits per heavy atom. The summed E-state index contributed by atoms with van der Waals surface area (Å²) in [6.07, 6.45) is 4.62. The van der Waals surface area contributed by atoms with Crippen LogP contribution in [-0.2, 0) is 25.9 Å². The number of fused-ring (bicyclic) bond motifs is 1. The zero-order valence-corrected chi connectivity index (χ0v) is 17.0. The molecule has 0 amide bonds. The van der Waals surface area contributed by atoms with Crippen molar-refractivity contribution in [2.45, 2.75) is 38.8 Å². The predicted molar refractivity (Wildman–Crippen MR) is 112 cm³/mol. The maximum atomic E-state index is 10.2. The highest BCUT2D eigenvalue weighted by Gasteiger charge is 2.16. The van der Waals surface area contributed by atoms with Crippen LogP contribution in [0.5, 0.6) is 5.75 Å². The van der Waals surface area contributed by atoms with Gasteiger partial charge in [-0.1, -0.05) is 6.07 Å². The van der Waals surface area contributed by atoms with E-state index in [0.29, 0.717) is 12.3 Å². The topological polar surface area (TPSA) is 56.7 Å². The number of halogens is 1. The van der Waals surface area contributed by atoms with Crippen LogP contribution < -0.4 is 10.6 Å². The molecule has 0 bridgehead atoms. The van der Waals surface area contributed by atoms with Gasteiger partial charge in [-0.3, -0.25) is 4.99 Å². The fourth-order valence-electron chi connectivity index (χ4n) is 3.06. The zero-order valence-electron chi connectivity index (χ0n) is 13.8. The number of aliphatic imine (C=N–C) groups is 1. The standard InChI is InChI=1S/C18H23N3OS.HI/c1-19-18(20-10-13-8-9-23-12-13)21-11-16-15-5-3-2-4-14(15)6-7-17(16)22;/h6-9,12,22H,2-5,10-11H2,1H3,(H2,19,20,21);1H. The lowest BCUT2D eigenvalue weighted by Crippen LogP contribution is -2.36. The van der Waals surface area contributed by atoms with E-state index in [9.17, 15) is 5.11 Å². The average Bonchev–Trinajstić information content (AvgIpc) is 3.10. The molecular weight excluding hydrogens is 433 g/mol. The van der Waals surface area contributed by atoms with E-state index in [1.54, 1.807) is 18.4 Å². The molecule has 1 aromatic heterocycles. The van der Waals surface area contributed by atoms with Gasteiger partial charge in [0, 0.05) is 25.7 Å². The Morgan fingerprint density at radius 2 is 1.96 bits per heavy atom. The lowest BCUT2D eigenvalue weighted by atomic mass is 9.88. The van der Waals surface area contributed by atoms with Gasteiger partial charge in [0.25, 0.3) is 0 Å². The number of phenols is 1. The minimum atomic E-state index is 0. The van der Waals surface area contributed by atoms with Crippen molar-refractivity contribution in [3.05, 3.63) is 51.2 Å². The van der Waals surface area contributed by atoms with Gasteiger partial charge >= 0.3 is 0 Å². The van der Waals surface area contributed by atoms with Crippen molar-refractivity contribution in [2.24, 2.45) is 4.99 Å². The predicted octanol–water partition coefficient (Wildman–Crippen LogP) is 3.82. The van der Waals surface area contributed by atoms with Crippen molar-refractivity contribution in [3.8, 4) is 5.75 Å². The van der Waals surface area contributed by atoms with Gasteiger partial charge < -0.3 is 15.7 Å². The van der Waals surface area contributed by atoms with E-state index in [-0.39, 0.29) is 24.0 Å². The smallest absolute Gasteiger partial charge is 0.191 e.